The van der Waals surface area contributed by atoms with Crippen LogP contribution in [0.5, 0.6) is 0 Å². The number of rotatable bonds is 5. The topological polar surface area (TPSA) is 46.9 Å². The molecule has 1 aromatic carbocycles. The first kappa shape index (κ1) is 13.9. The molecule has 1 heterocycles. The van der Waals surface area contributed by atoms with Crippen molar-refractivity contribution in [3.63, 3.8) is 0 Å². The quantitative estimate of drug-likeness (QED) is 0.856. The van der Waals surface area contributed by atoms with E-state index in [9.17, 15) is 4.79 Å². The van der Waals surface area contributed by atoms with Gasteiger partial charge >= 0.3 is 0 Å². The Bertz CT molecular complexity index is 577. The smallest absolute Gasteiger partial charge is 0.221 e. The number of hydrogen-bond acceptors (Lipinski definition) is 2. The second-order valence-electron chi connectivity index (χ2n) is 4.77. The van der Waals surface area contributed by atoms with Crippen LogP contribution in [0.2, 0.25) is 0 Å². The summed E-state index contributed by atoms with van der Waals surface area (Å²) in [4.78, 5) is 16.2. The normalized spacial score (nSPS) is 11.2. The molecule has 0 spiro atoms. The molecule has 0 saturated carbocycles. The first-order valence-electron chi connectivity index (χ1n) is 6.41. The van der Waals surface area contributed by atoms with Crippen LogP contribution in [0.4, 0.5) is 0 Å². The fourth-order valence-corrected chi connectivity index (χ4v) is 2.29. The van der Waals surface area contributed by atoms with Gasteiger partial charge in [0.2, 0.25) is 5.91 Å². The van der Waals surface area contributed by atoms with Crippen molar-refractivity contribution in [1.29, 1.82) is 0 Å². The van der Waals surface area contributed by atoms with Crippen LogP contribution in [-0.4, -0.2) is 21.5 Å². The van der Waals surface area contributed by atoms with Gasteiger partial charge in [-0.3, -0.25) is 4.79 Å². The fraction of sp³-hybridized carbons (Fsp3) is 0.429. The summed E-state index contributed by atoms with van der Waals surface area (Å²) in [6.45, 7) is 4.50. The number of alkyl halides is 1. The average molecular weight is 280 g/mol. The van der Waals surface area contributed by atoms with Crippen molar-refractivity contribution in [2.45, 2.75) is 38.7 Å². The monoisotopic (exact) mass is 279 g/mol. The number of halogens is 1. The summed E-state index contributed by atoms with van der Waals surface area (Å²) in [6.07, 6.45) is 0.433. The van der Waals surface area contributed by atoms with Crippen LogP contribution < -0.4 is 5.32 Å². The van der Waals surface area contributed by atoms with Crippen molar-refractivity contribution in [2.24, 2.45) is 0 Å². The van der Waals surface area contributed by atoms with Crippen molar-refractivity contribution in [2.75, 3.05) is 0 Å². The van der Waals surface area contributed by atoms with Crippen molar-refractivity contribution < 1.29 is 4.79 Å². The van der Waals surface area contributed by atoms with Gasteiger partial charge in [-0.1, -0.05) is 12.1 Å². The number of carbonyl (C=O) groups excluding carboxylic acids is 1. The van der Waals surface area contributed by atoms with Gasteiger partial charge in [0.25, 0.3) is 0 Å². The Labute approximate surface area is 117 Å². The summed E-state index contributed by atoms with van der Waals surface area (Å²) in [7, 11) is 0. The number of amides is 1. The highest BCUT2D eigenvalue weighted by atomic mass is 35.5. The van der Waals surface area contributed by atoms with Gasteiger partial charge in [-0.25, -0.2) is 4.98 Å². The Balaban J connectivity index is 2.17. The highest BCUT2D eigenvalue weighted by molar-refractivity contribution is 6.16. The molecule has 0 saturated heterocycles. The Morgan fingerprint density at radius 1 is 1.42 bits per heavy atom. The predicted molar refractivity (Wildman–Crippen MR) is 77.2 cm³/mol. The first-order chi connectivity index (χ1) is 9.11. The number of nitrogens with zero attached hydrogens (tertiary/aromatic N) is 2. The summed E-state index contributed by atoms with van der Waals surface area (Å²) in [5, 5.41) is 2.89. The van der Waals surface area contributed by atoms with Gasteiger partial charge in [-0.15, -0.1) is 11.6 Å². The molecule has 2 rings (SSSR count). The van der Waals surface area contributed by atoms with Crippen LogP contribution in [0.3, 0.4) is 0 Å². The van der Waals surface area contributed by atoms with Crippen molar-refractivity contribution in [3.05, 3.63) is 30.1 Å². The van der Waals surface area contributed by atoms with Gasteiger partial charge in [0.15, 0.2) is 0 Å². The van der Waals surface area contributed by atoms with E-state index in [1.807, 2.05) is 42.7 Å². The molecule has 1 amide bonds. The molecule has 4 nitrogen and oxygen atoms in total. The van der Waals surface area contributed by atoms with Gasteiger partial charge in [0, 0.05) is 19.0 Å². The SMILES string of the molecule is CC(C)NC(=O)CCn1c(CCl)nc2ccccc21. The maximum absolute atomic E-state index is 11.7. The summed E-state index contributed by atoms with van der Waals surface area (Å²) in [5.74, 6) is 1.20. The largest absolute Gasteiger partial charge is 0.354 e. The highest BCUT2D eigenvalue weighted by Gasteiger charge is 2.11. The molecular weight excluding hydrogens is 262 g/mol. The molecule has 0 radical (unpaired) electrons. The molecule has 2 aromatic rings. The molecule has 0 aliphatic carbocycles. The van der Waals surface area contributed by atoms with Crippen molar-refractivity contribution in [3.8, 4) is 0 Å². The lowest BCUT2D eigenvalue weighted by molar-refractivity contribution is -0.121. The van der Waals surface area contributed by atoms with E-state index in [4.69, 9.17) is 11.6 Å². The minimum Gasteiger partial charge on any atom is -0.354 e. The molecule has 0 atom stereocenters. The van der Waals surface area contributed by atoms with Crippen LogP contribution in [0.25, 0.3) is 11.0 Å². The van der Waals surface area contributed by atoms with E-state index >= 15 is 0 Å². The molecule has 0 fully saturated rings. The highest BCUT2D eigenvalue weighted by Crippen LogP contribution is 2.17. The Morgan fingerprint density at radius 3 is 2.84 bits per heavy atom. The third-order valence-electron chi connectivity index (χ3n) is 2.87. The summed E-state index contributed by atoms with van der Waals surface area (Å²) in [5.41, 5.74) is 1.94. The van der Waals surface area contributed by atoms with Gasteiger partial charge in [0.1, 0.15) is 5.82 Å². The standard InChI is InChI=1S/C14H18ClN3O/c1-10(2)16-14(19)7-8-18-12-6-4-3-5-11(12)17-13(18)9-15/h3-6,10H,7-9H2,1-2H3,(H,16,19). The molecule has 0 aliphatic heterocycles. The second kappa shape index (κ2) is 6.06. The van der Waals surface area contributed by atoms with Gasteiger partial charge in [-0.2, -0.15) is 0 Å². The van der Waals surface area contributed by atoms with Crippen LogP contribution in [0, 0.1) is 0 Å². The summed E-state index contributed by atoms with van der Waals surface area (Å²) < 4.78 is 2.02. The minimum absolute atomic E-state index is 0.0494. The lowest BCUT2D eigenvalue weighted by Gasteiger charge is -2.10. The van der Waals surface area contributed by atoms with E-state index < -0.39 is 0 Å². The molecule has 102 valence electrons. The maximum atomic E-state index is 11.7. The van der Waals surface area contributed by atoms with Crippen LogP contribution in [-0.2, 0) is 17.2 Å². The van der Waals surface area contributed by atoms with E-state index in [1.54, 1.807) is 0 Å². The molecule has 0 unspecified atom stereocenters. The molecule has 5 heteroatoms. The molecule has 0 aliphatic rings. The second-order valence-corrected chi connectivity index (χ2v) is 5.04. The number of aromatic nitrogens is 2. The number of fused-ring (bicyclic) bond motifs is 1. The lowest BCUT2D eigenvalue weighted by Crippen LogP contribution is -2.30. The van der Waals surface area contributed by atoms with E-state index in [2.05, 4.69) is 10.3 Å². The van der Waals surface area contributed by atoms with Crippen molar-refractivity contribution in [1.82, 2.24) is 14.9 Å². The zero-order valence-corrected chi connectivity index (χ0v) is 11.9. The molecular formula is C14H18ClN3O. The zero-order chi connectivity index (χ0) is 13.8. The number of nitrogens with one attached hydrogen (secondary N) is 1. The molecule has 0 bridgehead atoms. The Kier molecular flexibility index (Phi) is 4.43. The van der Waals surface area contributed by atoms with E-state index in [0.717, 1.165) is 16.9 Å². The van der Waals surface area contributed by atoms with E-state index in [1.165, 1.54) is 0 Å². The number of para-hydroxylation sites is 2. The molecule has 1 N–H and O–H groups in total. The van der Waals surface area contributed by atoms with Crippen LogP contribution in [0.15, 0.2) is 24.3 Å². The van der Waals surface area contributed by atoms with Crippen LogP contribution >= 0.6 is 11.6 Å². The van der Waals surface area contributed by atoms with Crippen LogP contribution in [0.1, 0.15) is 26.1 Å². The predicted octanol–water partition coefficient (Wildman–Crippen LogP) is 2.69. The third kappa shape index (κ3) is 3.26. The number of benzene rings is 1. The Morgan fingerprint density at radius 2 is 2.16 bits per heavy atom. The molecule has 19 heavy (non-hydrogen) atoms. The number of aryl methyl sites for hydroxylation is 1. The van der Waals surface area contributed by atoms with Crippen molar-refractivity contribution >= 4 is 28.5 Å². The van der Waals surface area contributed by atoms with Gasteiger partial charge in [-0.05, 0) is 26.0 Å². The minimum atomic E-state index is 0.0494. The third-order valence-corrected chi connectivity index (χ3v) is 3.10. The zero-order valence-electron chi connectivity index (χ0n) is 11.2. The number of carbonyl (C=O) groups is 1. The van der Waals surface area contributed by atoms with Gasteiger partial charge in [0.05, 0.1) is 16.9 Å². The average Bonchev–Trinajstić information content (AvgIpc) is 2.73. The fourth-order valence-electron chi connectivity index (χ4n) is 2.08. The number of imidazole rings is 1. The van der Waals surface area contributed by atoms with E-state index in [-0.39, 0.29) is 11.9 Å². The van der Waals surface area contributed by atoms with Gasteiger partial charge < -0.3 is 9.88 Å². The summed E-state index contributed by atoms with van der Waals surface area (Å²) >= 11 is 5.92. The first-order valence-corrected chi connectivity index (χ1v) is 6.94. The lowest BCUT2D eigenvalue weighted by atomic mass is 10.3. The maximum Gasteiger partial charge on any atom is 0.221 e. The van der Waals surface area contributed by atoms with E-state index in [0.29, 0.717) is 18.8 Å². The number of hydrogen-bond donors (Lipinski definition) is 1. The summed E-state index contributed by atoms with van der Waals surface area (Å²) in [6, 6.07) is 8.03. The Hall–Kier alpha value is -1.55. The molecule has 1 aromatic heterocycles.